The first-order valence-electron chi connectivity index (χ1n) is 4.46. The predicted molar refractivity (Wildman–Crippen MR) is 68.6 cm³/mol. The number of halogens is 2. The molecule has 0 saturated heterocycles. The van der Waals surface area contributed by atoms with Crippen molar-refractivity contribution in [1.82, 2.24) is 15.0 Å². The van der Waals surface area contributed by atoms with Gasteiger partial charge in [-0.05, 0) is 22.0 Å². The van der Waals surface area contributed by atoms with Crippen LogP contribution in [0.25, 0.3) is 0 Å². The van der Waals surface area contributed by atoms with E-state index in [0.717, 1.165) is 28.5 Å². The molecular weight excluding hydrogens is 342 g/mol. The molecule has 0 spiro atoms. The van der Waals surface area contributed by atoms with Crippen LogP contribution in [0.5, 0.6) is 0 Å². The van der Waals surface area contributed by atoms with Gasteiger partial charge in [-0.3, -0.25) is 0 Å². The average Bonchev–Trinajstić information content (AvgIpc) is 2.78. The molecule has 0 aliphatic rings. The van der Waals surface area contributed by atoms with Crippen LogP contribution in [0.2, 0.25) is 0 Å². The molecule has 0 aromatic carbocycles. The molecule has 0 N–H and O–H groups in total. The molecular formula is C9H9Br2N3S. The second-order valence-electron chi connectivity index (χ2n) is 3.08. The van der Waals surface area contributed by atoms with Crippen LogP contribution in [0, 0.1) is 0 Å². The molecule has 2 aromatic heterocycles. The van der Waals surface area contributed by atoms with Crippen LogP contribution >= 0.6 is 43.2 Å². The molecule has 0 unspecified atom stereocenters. The Kier molecular flexibility index (Phi) is 3.93. The van der Waals surface area contributed by atoms with Gasteiger partial charge in [-0.15, -0.1) is 16.4 Å². The lowest BCUT2D eigenvalue weighted by molar-refractivity contribution is 0.655. The SMILES string of the molecule is BrCCc1cn(Cc2cc(Br)cs2)nn1. The topological polar surface area (TPSA) is 30.7 Å². The van der Waals surface area contributed by atoms with Gasteiger partial charge >= 0.3 is 0 Å². The van der Waals surface area contributed by atoms with E-state index in [1.54, 1.807) is 11.3 Å². The summed E-state index contributed by atoms with van der Waals surface area (Å²) < 4.78 is 3.00. The van der Waals surface area contributed by atoms with E-state index in [1.807, 2.05) is 10.9 Å². The molecule has 15 heavy (non-hydrogen) atoms. The molecule has 0 fully saturated rings. The second kappa shape index (κ2) is 5.23. The summed E-state index contributed by atoms with van der Waals surface area (Å²) >= 11 is 8.54. The minimum atomic E-state index is 0.797. The Morgan fingerprint density at radius 2 is 2.33 bits per heavy atom. The predicted octanol–water partition coefficient (Wildman–Crippen LogP) is 3.09. The van der Waals surface area contributed by atoms with Crippen LogP contribution in [0.1, 0.15) is 10.6 Å². The monoisotopic (exact) mass is 349 g/mol. The minimum absolute atomic E-state index is 0.797. The number of hydrogen-bond acceptors (Lipinski definition) is 3. The van der Waals surface area contributed by atoms with Gasteiger partial charge in [0.1, 0.15) is 0 Å². The van der Waals surface area contributed by atoms with E-state index in [-0.39, 0.29) is 0 Å². The van der Waals surface area contributed by atoms with Crippen molar-refractivity contribution in [2.45, 2.75) is 13.0 Å². The Bertz CT molecular complexity index is 438. The average molecular weight is 351 g/mol. The number of aryl methyl sites for hydroxylation is 1. The maximum Gasteiger partial charge on any atom is 0.0835 e. The molecule has 0 saturated carbocycles. The lowest BCUT2D eigenvalue weighted by Crippen LogP contribution is -1.98. The fraction of sp³-hybridized carbons (Fsp3) is 0.333. The summed E-state index contributed by atoms with van der Waals surface area (Å²) in [6.07, 6.45) is 2.92. The highest BCUT2D eigenvalue weighted by atomic mass is 79.9. The van der Waals surface area contributed by atoms with Crippen LogP contribution < -0.4 is 0 Å². The highest BCUT2D eigenvalue weighted by molar-refractivity contribution is 9.10. The number of thiophene rings is 1. The van der Waals surface area contributed by atoms with Gasteiger partial charge in [-0.1, -0.05) is 21.1 Å². The highest BCUT2D eigenvalue weighted by Gasteiger charge is 2.02. The van der Waals surface area contributed by atoms with Crippen molar-refractivity contribution in [2.24, 2.45) is 0 Å². The smallest absolute Gasteiger partial charge is 0.0835 e. The first-order chi connectivity index (χ1) is 7.28. The molecule has 3 nitrogen and oxygen atoms in total. The van der Waals surface area contributed by atoms with E-state index in [2.05, 4.69) is 53.6 Å². The van der Waals surface area contributed by atoms with Crippen molar-refractivity contribution in [3.05, 3.63) is 32.7 Å². The summed E-state index contributed by atoms with van der Waals surface area (Å²) in [4.78, 5) is 1.28. The van der Waals surface area contributed by atoms with Gasteiger partial charge in [0.05, 0.1) is 12.2 Å². The van der Waals surface area contributed by atoms with Gasteiger partial charge in [0, 0.05) is 32.7 Å². The molecule has 0 amide bonds. The van der Waals surface area contributed by atoms with Crippen molar-refractivity contribution in [3.8, 4) is 0 Å². The van der Waals surface area contributed by atoms with Crippen molar-refractivity contribution in [3.63, 3.8) is 0 Å². The summed E-state index contributed by atoms with van der Waals surface area (Å²) in [6.45, 7) is 0.797. The van der Waals surface area contributed by atoms with E-state index in [1.165, 1.54) is 4.88 Å². The zero-order valence-electron chi connectivity index (χ0n) is 7.86. The Hall–Kier alpha value is -0.200. The van der Waals surface area contributed by atoms with Crippen LogP contribution in [0.15, 0.2) is 22.1 Å². The summed E-state index contributed by atoms with van der Waals surface area (Å²) in [5.41, 5.74) is 1.03. The van der Waals surface area contributed by atoms with Crippen molar-refractivity contribution in [1.29, 1.82) is 0 Å². The quantitative estimate of drug-likeness (QED) is 0.793. The first-order valence-corrected chi connectivity index (χ1v) is 7.25. The lowest BCUT2D eigenvalue weighted by Gasteiger charge is -1.94. The maximum absolute atomic E-state index is 4.08. The normalized spacial score (nSPS) is 10.8. The standard InChI is InChI=1S/C9H9Br2N3S/c10-2-1-8-4-14(13-12-8)5-9-3-7(11)6-15-9/h3-4,6H,1-2,5H2. The van der Waals surface area contributed by atoms with E-state index in [0.29, 0.717) is 0 Å². The molecule has 2 aromatic rings. The number of aromatic nitrogens is 3. The highest BCUT2D eigenvalue weighted by Crippen LogP contribution is 2.20. The van der Waals surface area contributed by atoms with E-state index in [9.17, 15) is 0 Å². The summed E-state index contributed by atoms with van der Waals surface area (Å²) in [6, 6.07) is 2.11. The molecule has 2 heterocycles. The fourth-order valence-corrected chi connectivity index (χ4v) is 3.07. The minimum Gasteiger partial charge on any atom is -0.247 e. The van der Waals surface area contributed by atoms with Gasteiger partial charge in [-0.2, -0.15) is 0 Å². The van der Waals surface area contributed by atoms with E-state index >= 15 is 0 Å². The van der Waals surface area contributed by atoms with Crippen LogP contribution in [-0.4, -0.2) is 20.3 Å². The van der Waals surface area contributed by atoms with Gasteiger partial charge in [0.25, 0.3) is 0 Å². The third kappa shape index (κ3) is 3.12. The number of alkyl halides is 1. The van der Waals surface area contributed by atoms with Crippen molar-refractivity contribution >= 4 is 43.2 Å². The van der Waals surface area contributed by atoms with E-state index < -0.39 is 0 Å². The molecule has 0 radical (unpaired) electrons. The zero-order chi connectivity index (χ0) is 10.7. The molecule has 0 aliphatic carbocycles. The summed E-state index contributed by atoms with van der Waals surface area (Å²) in [5, 5.41) is 11.2. The molecule has 0 atom stereocenters. The second-order valence-corrected chi connectivity index (χ2v) is 5.78. The third-order valence-corrected chi connectivity index (χ3v) is 3.96. The Labute approximate surface area is 109 Å². The Morgan fingerprint density at radius 1 is 1.47 bits per heavy atom. The fourth-order valence-electron chi connectivity index (χ4n) is 1.22. The van der Waals surface area contributed by atoms with Crippen LogP contribution in [0.3, 0.4) is 0 Å². The van der Waals surface area contributed by atoms with Crippen LogP contribution in [-0.2, 0) is 13.0 Å². The first kappa shape index (κ1) is 11.3. The number of rotatable bonds is 4. The van der Waals surface area contributed by atoms with Crippen LogP contribution in [0.4, 0.5) is 0 Å². The van der Waals surface area contributed by atoms with Gasteiger partial charge < -0.3 is 0 Å². The van der Waals surface area contributed by atoms with E-state index in [4.69, 9.17) is 0 Å². The van der Waals surface area contributed by atoms with Gasteiger partial charge in [-0.25, -0.2) is 4.68 Å². The largest absolute Gasteiger partial charge is 0.247 e. The third-order valence-electron chi connectivity index (χ3n) is 1.88. The Balaban J connectivity index is 2.04. The number of hydrogen-bond donors (Lipinski definition) is 0. The molecule has 6 heteroatoms. The van der Waals surface area contributed by atoms with Crippen molar-refractivity contribution in [2.75, 3.05) is 5.33 Å². The molecule has 2 rings (SSSR count). The van der Waals surface area contributed by atoms with Crippen molar-refractivity contribution < 1.29 is 0 Å². The maximum atomic E-state index is 4.08. The zero-order valence-corrected chi connectivity index (χ0v) is 11.8. The summed E-state index contributed by atoms with van der Waals surface area (Å²) in [7, 11) is 0. The van der Waals surface area contributed by atoms with Gasteiger partial charge in [0.15, 0.2) is 0 Å². The number of nitrogens with zero attached hydrogens (tertiary/aromatic N) is 3. The molecule has 0 aliphatic heterocycles. The molecule has 0 bridgehead atoms. The lowest BCUT2D eigenvalue weighted by atomic mass is 10.4. The van der Waals surface area contributed by atoms with Gasteiger partial charge in [0.2, 0.25) is 0 Å². The molecule has 80 valence electrons. The summed E-state index contributed by atoms with van der Waals surface area (Å²) in [5.74, 6) is 0. The Morgan fingerprint density at radius 3 is 3.00 bits per heavy atom.